The lowest BCUT2D eigenvalue weighted by molar-refractivity contribution is -0.127. The third kappa shape index (κ3) is 4.11. The average molecular weight is 490 g/mol. The van der Waals surface area contributed by atoms with Crippen LogP contribution in [0, 0.1) is 20.8 Å². The van der Waals surface area contributed by atoms with Gasteiger partial charge in [-0.3, -0.25) is 5.10 Å². The van der Waals surface area contributed by atoms with Crippen LogP contribution >= 0.6 is 11.3 Å². The Balaban J connectivity index is 1.62. The van der Waals surface area contributed by atoms with Gasteiger partial charge in [-0.1, -0.05) is 0 Å². The van der Waals surface area contributed by atoms with E-state index in [0.717, 1.165) is 47.6 Å². The summed E-state index contributed by atoms with van der Waals surface area (Å²) in [6.07, 6.45) is -0.295. The van der Waals surface area contributed by atoms with Gasteiger partial charge < -0.3 is 4.90 Å². The van der Waals surface area contributed by atoms with Crippen LogP contribution < -0.4 is 0 Å². The first-order valence-corrected chi connectivity index (χ1v) is 12.0. The number of fused-ring (bicyclic) bond motifs is 1. The number of aryl methyl sites for hydroxylation is 2. The van der Waals surface area contributed by atoms with Crippen molar-refractivity contribution in [1.29, 1.82) is 0 Å². The summed E-state index contributed by atoms with van der Waals surface area (Å²) in [7, 11) is 2.11. The molecule has 0 spiro atoms. The monoisotopic (exact) mass is 489 g/mol. The van der Waals surface area contributed by atoms with E-state index in [0.29, 0.717) is 27.8 Å². The summed E-state index contributed by atoms with van der Waals surface area (Å²) in [6.45, 7) is 7.72. The van der Waals surface area contributed by atoms with Gasteiger partial charge in [0.25, 0.3) is 0 Å². The van der Waals surface area contributed by atoms with E-state index < -0.39 is 12.6 Å². The van der Waals surface area contributed by atoms with Gasteiger partial charge in [0.15, 0.2) is 5.65 Å². The van der Waals surface area contributed by atoms with Crippen LogP contribution in [-0.4, -0.2) is 61.0 Å². The van der Waals surface area contributed by atoms with E-state index in [1.807, 2.05) is 20.8 Å². The third-order valence-corrected chi connectivity index (χ3v) is 8.09. The van der Waals surface area contributed by atoms with Crippen molar-refractivity contribution in [2.45, 2.75) is 52.1 Å². The third-order valence-electron chi connectivity index (χ3n) is 6.76. The number of nitrogens with zero attached hydrogens (tertiary/aromatic N) is 6. The molecular weight excluding hydrogens is 463 g/mol. The number of alkyl halides is 3. The number of H-pyrrole nitrogens is 1. The van der Waals surface area contributed by atoms with Gasteiger partial charge in [0.1, 0.15) is 17.0 Å². The number of pyridine rings is 1. The molecule has 180 valence electrons. The Kier molecular flexibility index (Phi) is 5.71. The zero-order valence-corrected chi connectivity index (χ0v) is 20.3. The number of aromatic nitrogens is 6. The highest BCUT2D eigenvalue weighted by molar-refractivity contribution is 7.15. The second-order valence-corrected chi connectivity index (χ2v) is 10.1. The summed E-state index contributed by atoms with van der Waals surface area (Å²) in [5, 5.41) is 12.0. The molecule has 7 nitrogen and oxygen atoms in total. The minimum atomic E-state index is -4.39. The number of nitrogens with one attached hydrogen (secondary N) is 1. The lowest BCUT2D eigenvalue weighted by Crippen LogP contribution is -2.29. The molecule has 34 heavy (non-hydrogen) atoms. The molecule has 0 saturated carbocycles. The summed E-state index contributed by atoms with van der Waals surface area (Å²) in [4.78, 5) is 12.4. The summed E-state index contributed by atoms with van der Waals surface area (Å²) in [6, 6.07) is 0. The standard InChI is InChI=1S/C23H26F3N7S/c1-12-13(2)21-27-11-28-33(21)10-17(12)18-16(9-23(24,25)26)19(31-30-18)22-29-14(3)20(34-22)15-5-7-32(4)8-6-15/h10-11,15H,5-9H2,1-4H3,(H,30,31). The van der Waals surface area contributed by atoms with E-state index in [1.54, 1.807) is 10.7 Å². The van der Waals surface area contributed by atoms with Crippen molar-refractivity contribution in [3.63, 3.8) is 0 Å². The lowest BCUT2D eigenvalue weighted by atomic mass is 9.95. The highest BCUT2D eigenvalue weighted by Crippen LogP contribution is 2.41. The lowest BCUT2D eigenvalue weighted by Gasteiger charge is -2.28. The summed E-state index contributed by atoms with van der Waals surface area (Å²) in [5.41, 5.74) is 4.61. The van der Waals surface area contributed by atoms with Crippen molar-refractivity contribution in [1.82, 2.24) is 34.7 Å². The van der Waals surface area contributed by atoms with Crippen molar-refractivity contribution in [2.24, 2.45) is 0 Å². The Labute approximate surface area is 199 Å². The Morgan fingerprint density at radius 3 is 2.59 bits per heavy atom. The van der Waals surface area contributed by atoms with Crippen molar-refractivity contribution < 1.29 is 13.2 Å². The predicted octanol–water partition coefficient (Wildman–Crippen LogP) is 5.08. The van der Waals surface area contributed by atoms with Gasteiger partial charge >= 0.3 is 6.18 Å². The molecule has 1 aliphatic heterocycles. The van der Waals surface area contributed by atoms with Crippen LogP contribution in [0.25, 0.3) is 27.6 Å². The summed E-state index contributed by atoms with van der Waals surface area (Å²) >= 11 is 1.47. The van der Waals surface area contributed by atoms with E-state index in [-0.39, 0.29) is 11.3 Å². The average Bonchev–Trinajstić information content (AvgIpc) is 3.49. The molecule has 0 amide bonds. The molecule has 0 atom stereocenters. The molecule has 5 rings (SSSR count). The molecule has 1 N–H and O–H groups in total. The number of thiazole rings is 1. The molecule has 1 saturated heterocycles. The van der Waals surface area contributed by atoms with E-state index in [2.05, 4.69) is 37.2 Å². The molecule has 0 aliphatic carbocycles. The highest BCUT2D eigenvalue weighted by atomic mass is 32.1. The highest BCUT2D eigenvalue weighted by Gasteiger charge is 2.34. The number of aromatic amines is 1. The van der Waals surface area contributed by atoms with Crippen molar-refractivity contribution in [2.75, 3.05) is 20.1 Å². The SMILES string of the molecule is Cc1nc(-c2n[nH]c(-c3cn4ncnc4c(C)c3C)c2CC(F)(F)F)sc1C1CCN(C)CC1. The van der Waals surface area contributed by atoms with E-state index >= 15 is 0 Å². The van der Waals surface area contributed by atoms with Crippen molar-refractivity contribution >= 4 is 17.0 Å². The van der Waals surface area contributed by atoms with Crippen molar-refractivity contribution in [3.05, 3.63) is 39.8 Å². The zero-order valence-electron chi connectivity index (χ0n) is 19.5. The number of hydrogen-bond donors (Lipinski definition) is 1. The molecule has 4 aromatic rings. The van der Waals surface area contributed by atoms with Crippen LogP contribution in [0.5, 0.6) is 0 Å². The molecule has 0 unspecified atom stereocenters. The van der Waals surface area contributed by atoms with Crippen LogP contribution in [0.1, 0.15) is 46.0 Å². The van der Waals surface area contributed by atoms with Gasteiger partial charge in [-0.2, -0.15) is 23.4 Å². The van der Waals surface area contributed by atoms with Crippen LogP contribution in [0.2, 0.25) is 0 Å². The van der Waals surface area contributed by atoms with Crippen molar-refractivity contribution in [3.8, 4) is 22.0 Å². The van der Waals surface area contributed by atoms with Gasteiger partial charge in [0.2, 0.25) is 0 Å². The minimum absolute atomic E-state index is 0.109. The number of likely N-dealkylation sites (tertiary alicyclic amines) is 1. The minimum Gasteiger partial charge on any atom is -0.306 e. The first-order valence-electron chi connectivity index (χ1n) is 11.2. The maximum absolute atomic E-state index is 13.7. The topological polar surface area (TPSA) is 75.0 Å². The molecule has 1 fully saturated rings. The maximum atomic E-state index is 13.7. The first-order chi connectivity index (χ1) is 16.1. The molecule has 4 aromatic heterocycles. The van der Waals surface area contributed by atoms with Gasteiger partial charge in [-0.15, -0.1) is 11.3 Å². The molecule has 11 heteroatoms. The predicted molar refractivity (Wildman–Crippen MR) is 125 cm³/mol. The fourth-order valence-corrected chi connectivity index (χ4v) is 6.00. The van der Waals surface area contributed by atoms with Crippen LogP contribution in [0.3, 0.4) is 0 Å². The van der Waals surface area contributed by atoms with Gasteiger partial charge in [0, 0.05) is 22.2 Å². The fraction of sp³-hybridized carbons (Fsp3) is 0.478. The normalized spacial score (nSPS) is 16.1. The quantitative estimate of drug-likeness (QED) is 0.433. The Bertz CT molecular complexity index is 1340. The molecule has 0 radical (unpaired) electrons. The van der Waals surface area contributed by atoms with Gasteiger partial charge in [0.05, 0.1) is 17.8 Å². The molecular formula is C23H26F3N7S. The zero-order chi connectivity index (χ0) is 24.2. The Hall–Kier alpha value is -2.79. The molecule has 5 heterocycles. The molecule has 1 aliphatic rings. The Morgan fingerprint density at radius 2 is 1.88 bits per heavy atom. The maximum Gasteiger partial charge on any atom is 0.393 e. The second-order valence-electron chi connectivity index (χ2n) is 9.08. The smallest absolute Gasteiger partial charge is 0.306 e. The van der Waals surface area contributed by atoms with E-state index in [1.165, 1.54) is 17.7 Å². The number of rotatable bonds is 4. The summed E-state index contributed by atoms with van der Waals surface area (Å²) in [5.74, 6) is 0.381. The second kappa shape index (κ2) is 8.46. The molecule has 0 bridgehead atoms. The van der Waals surface area contributed by atoms with Gasteiger partial charge in [-0.25, -0.2) is 14.5 Å². The van der Waals surface area contributed by atoms with E-state index in [4.69, 9.17) is 0 Å². The Morgan fingerprint density at radius 1 is 1.15 bits per heavy atom. The number of hydrogen-bond acceptors (Lipinski definition) is 6. The summed E-state index contributed by atoms with van der Waals surface area (Å²) < 4.78 is 42.7. The first kappa shape index (κ1) is 23.0. The largest absolute Gasteiger partial charge is 0.393 e. The number of piperidine rings is 1. The molecule has 0 aromatic carbocycles. The van der Waals surface area contributed by atoms with Crippen LogP contribution in [-0.2, 0) is 6.42 Å². The number of halogens is 3. The van der Waals surface area contributed by atoms with E-state index in [9.17, 15) is 13.2 Å². The van der Waals surface area contributed by atoms with Gasteiger partial charge in [-0.05, 0) is 70.8 Å². The van der Waals surface area contributed by atoms with Crippen LogP contribution in [0.4, 0.5) is 13.2 Å². The fourth-order valence-electron chi connectivity index (χ4n) is 4.75. The van der Waals surface area contributed by atoms with Crippen LogP contribution in [0.15, 0.2) is 12.5 Å².